The van der Waals surface area contributed by atoms with Crippen LogP contribution in [0.3, 0.4) is 0 Å². The number of rotatable bonds is 9. The van der Waals surface area contributed by atoms with Gasteiger partial charge in [0.1, 0.15) is 16.7 Å². The second-order valence-corrected chi connectivity index (χ2v) is 9.76. The summed E-state index contributed by atoms with van der Waals surface area (Å²) in [4.78, 5) is 41.2. The van der Waals surface area contributed by atoms with Crippen molar-refractivity contribution >= 4 is 40.6 Å². The van der Waals surface area contributed by atoms with Crippen molar-refractivity contribution in [1.82, 2.24) is 15.0 Å². The molecule has 9 nitrogen and oxygen atoms in total. The molecule has 1 atom stereocenters. The zero-order chi connectivity index (χ0) is 26.4. The first-order valence-electron chi connectivity index (χ1n) is 12.2. The number of carbonyl (C=O) groups is 3. The Kier molecular flexibility index (Phi) is 8.39. The highest BCUT2D eigenvalue weighted by Crippen LogP contribution is 2.30. The number of anilines is 2. The summed E-state index contributed by atoms with van der Waals surface area (Å²) < 4.78 is 9.53. The van der Waals surface area contributed by atoms with Gasteiger partial charge in [-0.2, -0.15) is 4.37 Å². The summed E-state index contributed by atoms with van der Waals surface area (Å²) >= 11 is 0.853. The molecule has 1 heterocycles. The number of nitrogens with two attached hydrogens (primary N) is 1. The van der Waals surface area contributed by atoms with E-state index >= 15 is 0 Å². The number of aromatic nitrogens is 1. The molecule has 0 spiro atoms. The maximum Gasteiger partial charge on any atom is 0.273 e. The lowest BCUT2D eigenvalue weighted by molar-refractivity contribution is -0.122. The van der Waals surface area contributed by atoms with Crippen LogP contribution in [-0.4, -0.2) is 41.3 Å². The van der Waals surface area contributed by atoms with Gasteiger partial charge < -0.3 is 21.1 Å². The Hall–Kier alpha value is -3.92. The van der Waals surface area contributed by atoms with E-state index in [9.17, 15) is 14.4 Å². The normalized spacial score (nSPS) is 14.1. The average Bonchev–Trinajstić information content (AvgIpc) is 3.57. The Morgan fingerprint density at radius 1 is 1.14 bits per heavy atom. The molecule has 0 bridgehead atoms. The van der Waals surface area contributed by atoms with Crippen molar-refractivity contribution in [3.05, 3.63) is 70.7 Å². The number of nitrogens with zero attached hydrogens (tertiary/aromatic N) is 2. The average molecular weight is 522 g/mol. The van der Waals surface area contributed by atoms with Crippen LogP contribution in [0.5, 0.6) is 5.75 Å². The zero-order valence-electron chi connectivity index (χ0n) is 20.9. The van der Waals surface area contributed by atoms with Gasteiger partial charge in [0.2, 0.25) is 5.91 Å². The van der Waals surface area contributed by atoms with Gasteiger partial charge in [-0.3, -0.25) is 19.3 Å². The number of hydrogen-bond acceptors (Lipinski definition) is 7. The van der Waals surface area contributed by atoms with E-state index in [1.165, 1.54) is 12.0 Å². The topological polar surface area (TPSA) is 127 Å². The SMILES string of the molecule is COc1cccc(N(C(=O)c2snc(C(=O)NC3CCCC3)c2N)[C@@H](C)C(=O)NCc2ccccc2)c1. The van der Waals surface area contributed by atoms with Gasteiger partial charge >= 0.3 is 0 Å². The Balaban J connectivity index is 1.59. The van der Waals surface area contributed by atoms with Gasteiger partial charge in [0.25, 0.3) is 11.8 Å². The van der Waals surface area contributed by atoms with Crippen molar-refractivity contribution in [2.75, 3.05) is 17.7 Å². The fourth-order valence-corrected chi connectivity index (χ4v) is 5.11. The summed E-state index contributed by atoms with van der Waals surface area (Å²) in [6, 6.07) is 15.6. The highest BCUT2D eigenvalue weighted by molar-refractivity contribution is 7.09. The second-order valence-electron chi connectivity index (χ2n) is 8.98. The molecule has 0 radical (unpaired) electrons. The van der Waals surface area contributed by atoms with Gasteiger partial charge in [-0.1, -0.05) is 49.2 Å². The molecular weight excluding hydrogens is 490 g/mol. The molecule has 37 heavy (non-hydrogen) atoms. The third-order valence-electron chi connectivity index (χ3n) is 6.45. The Bertz CT molecular complexity index is 1260. The quantitative estimate of drug-likeness (QED) is 0.394. The van der Waals surface area contributed by atoms with E-state index in [0.29, 0.717) is 18.0 Å². The number of methoxy groups -OCH3 is 1. The monoisotopic (exact) mass is 521 g/mol. The van der Waals surface area contributed by atoms with Gasteiger partial charge in [0, 0.05) is 24.3 Å². The molecule has 3 amide bonds. The van der Waals surface area contributed by atoms with E-state index in [1.54, 1.807) is 31.2 Å². The van der Waals surface area contributed by atoms with Crippen molar-refractivity contribution in [1.29, 1.82) is 0 Å². The first-order chi connectivity index (χ1) is 17.9. The van der Waals surface area contributed by atoms with Gasteiger partial charge in [-0.05, 0) is 49.0 Å². The first kappa shape index (κ1) is 26.2. The first-order valence-corrected chi connectivity index (χ1v) is 13.0. The molecule has 0 aliphatic heterocycles. The predicted molar refractivity (Wildman–Crippen MR) is 144 cm³/mol. The fraction of sp³-hybridized carbons (Fsp3) is 0.333. The van der Waals surface area contributed by atoms with Crippen molar-refractivity contribution in [3.8, 4) is 5.75 Å². The van der Waals surface area contributed by atoms with E-state index in [2.05, 4.69) is 15.0 Å². The number of hydrogen-bond donors (Lipinski definition) is 3. The summed E-state index contributed by atoms with van der Waals surface area (Å²) in [5.41, 5.74) is 7.71. The summed E-state index contributed by atoms with van der Waals surface area (Å²) in [5, 5.41) is 5.85. The molecule has 1 saturated carbocycles. The van der Waals surface area contributed by atoms with Crippen molar-refractivity contribution in [2.45, 2.75) is 51.2 Å². The molecule has 2 aromatic carbocycles. The van der Waals surface area contributed by atoms with Crippen molar-refractivity contribution < 1.29 is 19.1 Å². The third kappa shape index (κ3) is 6.08. The van der Waals surface area contributed by atoms with Crippen LogP contribution < -0.4 is 26.0 Å². The van der Waals surface area contributed by atoms with E-state index in [-0.39, 0.29) is 34.1 Å². The third-order valence-corrected chi connectivity index (χ3v) is 7.31. The minimum absolute atomic E-state index is 0.00952. The van der Waals surface area contributed by atoms with E-state index in [1.807, 2.05) is 30.3 Å². The number of amides is 3. The van der Waals surface area contributed by atoms with E-state index in [0.717, 1.165) is 42.8 Å². The highest BCUT2D eigenvalue weighted by atomic mass is 32.1. The van der Waals surface area contributed by atoms with Crippen LogP contribution in [0.2, 0.25) is 0 Å². The zero-order valence-corrected chi connectivity index (χ0v) is 21.7. The summed E-state index contributed by atoms with van der Waals surface area (Å²) in [7, 11) is 1.53. The lowest BCUT2D eigenvalue weighted by atomic mass is 10.1. The molecule has 1 aromatic heterocycles. The van der Waals surface area contributed by atoms with E-state index in [4.69, 9.17) is 10.5 Å². The maximum absolute atomic E-state index is 13.8. The van der Waals surface area contributed by atoms with Crippen molar-refractivity contribution in [3.63, 3.8) is 0 Å². The summed E-state index contributed by atoms with van der Waals surface area (Å²) in [6.07, 6.45) is 3.98. The molecule has 0 unspecified atom stereocenters. The van der Waals surface area contributed by atoms with Gasteiger partial charge in [0.05, 0.1) is 12.8 Å². The van der Waals surface area contributed by atoms with Crippen LogP contribution in [0.25, 0.3) is 0 Å². The van der Waals surface area contributed by atoms with Crippen LogP contribution in [-0.2, 0) is 11.3 Å². The molecule has 0 saturated heterocycles. The smallest absolute Gasteiger partial charge is 0.273 e. The Morgan fingerprint density at radius 2 is 1.86 bits per heavy atom. The second kappa shape index (κ2) is 11.9. The van der Waals surface area contributed by atoms with Crippen LogP contribution >= 0.6 is 11.5 Å². The number of nitrogen functional groups attached to an aromatic ring is 1. The highest BCUT2D eigenvalue weighted by Gasteiger charge is 2.33. The largest absolute Gasteiger partial charge is 0.497 e. The molecule has 1 aliphatic carbocycles. The predicted octanol–water partition coefficient (Wildman–Crippen LogP) is 3.76. The molecule has 1 aliphatic rings. The number of nitrogens with one attached hydrogen (secondary N) is 2. The minimum atomic E-state index is -0.888. The molecular formula is C27H31N5O4S. The van der Waals surface area contributed by atoms with Crippen LogP contribution in [0, 0.1) is 0 Å². The van der Waals surface area contributed by atoms with E-state index < -0.39 is 11.9 Å². The standard InChI is InChI=1S/C27H31N5O4S/c1-17(25(33)29-16-18-9-4-3-5-10-18)32(20-13-8-14-21(15-20)36-2)27(35)24-22(28)23(31-37-24)26(34)30-19-11-6-7-12-19/h3-5,8-10,13-15,17,19H,6-7,11-12,16,28H2,1-2H3,(H,29,33)(H,30,34)/t17-/m0/s1. The Labute approximate surface area is 220 Å². The summed E-state index contributed by atoms with van der Waals surface area (Å²) in [5.74, 6) is -0.727. The number of benzene rings is 2. The number of ether oxygens (including phenoxy) is 1. The Morgan fingerprint density at radius 3 is 2.57 bits per heavy atom. The lowest BCUT2D eigenvalue weighted by Crippen LogP contribution is -2.48. The van der Waals surface area contributed by atoms with Crippen LogP contribution in [0.15, 0.2) is 54.6 Å². The maximum atomic E-state index is 13.8. The minimum Gasteiger partial charge on any atom is -0.497 e. The summed E-state index contributed by atoms with van der Waals surface area (Å²) in [6.45, 7) is 1.96. The molecule has 4 rings (SSSR count). The van der Waals surface area contributed by atoms with Gasteiger partial charge in [-0.25, -0.2) is 0 Å². The molecule has 194 valence electrons. The lowest BCUT2D eigenvalue weighted by Gasteiger charge is -2.28. The van der Waals surface area contributed by atoms with Gasteiger partial charge in [0.15, 0.2) is 5.69 Å². The molecule has 10 heteroatoms. The molecule has 4 N–H and O–H groups in total. The molecule has 3 aromatic rings. The number of carbonyl (C=O) groups excluding carboxylic acids is 3. The fourth-order valence-electron chi connectivity index (χ4n) is 4.38. The molecule has 1 fully saturated rings. The van der Waals surface area contributed by atoms with Crippen LogP contribution in [0.4, 0.5) is 11.4 Å². The van der Waals surface area contributed by atoms with Gasteiger partial charge in [-0.15, -0.1) is 0 Å². The van der Waals surface area contributed by atoms with Crippen molar-refractivity contribution in [2.24, 2.45) is 0 Å². The van der Waals surface area contributed by atoms with Crippen LogP contribution in [0.1, 0.15) is 58.3 Å².